The number of aliphatic imine (C=N–C) groups is 1. The molecular weight excluding hydrogens is 342 g/mol. The molecule has 0 N–H and O–H groups in total. The molecule has 0 bridgehead atoms. The van der Waals surface area contributed by atoms with E-state index in [1.807, 2.05) is 29.2 Å². The number of rotatable bonds is 2. The first-order valence-electron chi connectivity index (χ1n) is 7.94. The highest BCUT2D eigenvalue weighted by atomic mass is 35.5. The van der Waals surface area contributed by atoms with E-state index in [0.717, 1.165) is 28.3 Å². The Hall–Kier alpha value is -1.85. The van der Waals surface area contributed by atoms with Crippen molar-refractivity contribution >= 4 is 39.7 Å². The van der Waals surface area contributed by atoms with E-state index in [0.29, 0.717) is 18.1 Å². The van der Waals surface area contributed by atoms with E-state index in [1.165, 1.54) is 4.88 Å². The van der Waals surface area contributed by atoms with Crippen molar-refractivity contribution in [3.8, 4) is 0 Å². The number of carbonyl (C=O) groups is 1. The number of hydrogen-bond donors (Lipinski definition) is 0. The molecule has 2 amide bonds. The van der Waals surface area contributed by atoms with Gasteiger partial charge < -0.3 is 4.90 Å². The van der Waals surface area contributed by atoms with Gasteiger partial charge in [0.2, 0.25) is 0 Å². The fourth-order valence-corrected chi connectivity index (χ4v) is 4.07. The third-order valence-corrected chi connectivity index (χ3v) is 5.58. The van der Waals surface area contributed by atoms with E-state index in [2.05, 4.69) is 13.0 Å². The largest absolute Gasteiger partial charge is 0.330 e. The Labute approximate surface area is 151 Å². The molecule has 1 aliphatic rings. The number of anilines is 1. The van der Waals surface area contributed by atoms with Gasteiger partial charge in [-0.1, -0.05) is 36.7 Å². The average molecular weight is 362 g/mol. The summed E-state index contributed by atoms with van der Waals surface area (Å²) in [6.45, 7) is 3.25. The number of nitrogens with zero attached hydrogens (tertiary/aromatic N) is 3. The topological polar surface area (TPSA) is 35.9 Å². The molecule has 4 nitrogen and oxygen atoms in total. The SMILES string of the molecule is CCc1cc2c(s1)N(C(=O)N(C)C)CCN=C2c1ccccc1Cl. The quantitative estimate of drug-likeness (QED) is 0.785. The van der Waals surface area contributed by atoms with Crippen LogP contribution in [0.2, 0.25) is 5.02 Å². The highest BCUT2D eigenvalue weighted by Gasteiger charge is 2.28. The molecule has 0 saturated heterocycles. The Morgan fingerprint density at radius 2 is 2.08 bits per heavy atom. The number of carbonyl (C=O) groups excluding carboxylic acids is 1. The first-order chi connectivity index (χ1) is 11.5. The van der Waals surface area contributed by atoms with Crippen LogP contribution in [0.3, 0.4) is 0 Å². The summed E-state index contributed by atoms with van der Waals surface area (Å²) in [6.07, 6.45) is 0.928. The second kappa shape index (κ2) is 6.95. The summed E-state index contributed by atoms with van der Waals surface area (Å²) in [5, 5.41) is 1.64. The van der Waals surface area contributed by atoms with Crippen LogP contribution in [-0.2, 0) is 6.42 Å². The van der Waals surface area contributed by atoms with Crippen LogP contribution >= 0.6 is 22.9 Å². The Kier molecular flexibility index (Phi) is 4.92. The molecule has 0 saturated carbocycles. The second-order valence-electron chi connectivity index (χ2n) is 5.82. The average Bonchev–Trinajstić information content (AvgIpc) is 2.92. The first kappa shape index (κ1) is 17.0. The molecule has 1 aliphatic heterocycles. The van der Waals surface area contributed by atoms with E-state index >= 15 is 0 Å². The number of halogens is 1. The maximum atomic E-state index is 12.6. The van der Waals surface area contributed by atoms with Crippen LogP contribution in [0.4, 0.5) is 9.80 Å². The summed E-state index contributed by atoms with van der Waals surface area (Å²) in [5.41, 5.74) is 2.79. The molecule has 1 aromatic carbocycles. The summed E-state index contributed by atoms with van der Waals surface area (Å²) in [4.78, 5) is 22.0. The van der Waals surface area contributed by atoms with Crippen molar-refractivity contribution in [3.05, 3.63) is 51.4 Å². The normalized spacial score (nSPS) is 14.0. The van der Waals surface area contributed by atoms with E-state index in [-0.39, 0.29) is 6.03 Å². The summed E-state index contributed by atoms with van der Waals surface area (Å²) in [6, 6.07) is 9.86. The zero-order valence-electron chi connectivity index (χ0n) is 14.0. The van der Waals surface area contributed by atoms with Gasteiger partial charge in [-0.3, -0.25) is 9.89 Å². The minimum Gasteiger partial charge on any atom is -0.330 e. The Bertz CT molecular complexity index is 797. The lowest BCUT2D eigenvalue weighted by Gasteiger charge is -2.24. The van der Waals surface area contributed by atoms with E-state index < -0.39 is 0 Å². The molecule has 0 unspecified atom stereocenters. The van der Waals surface area contributed by atoms with Gasteiger partial charge in [-0.05, 0) is 18.6 Å². The summed E-state index contributed by atoms with van der Waals surface area (Å²) in [7, 11) is 3.55. The summed E-state index contributed by atoms with van der Waals surface area (Å²) in [5.74, 6) is 0. The molecule has 0 atom stereocenters. The molecule has 1 aromatic heterocycles. The number of urea groups is 1. The lowest BCUT2D eigenvalue weighted by molar-refractivity contribution is 0.224. The lowest BCUT2D eigenvalue weighted by atomic mass is 10.0. The van der Waals surface area contributed by atoms with Gasteiger partial charge >= 0.3 is 6.03 Å². The Balaban J connectivity index is 2.14. The van der Waals surface area contributed by atoms with Crippen LogP contribution in [-0.4, -0.2) is 43.8 Å². The predicted molar refractivity (Wildman–Crippen MR) is 102 cm³/mol. The fourth-order valence-electron chi connectivity index (χ4n) is 2.73. The fraction of sp³-hybridized carbons (Fsp3) is 0.333. The van der Waals surface area contributed by atoms with Gasteiger partial charge in [0.05, 0.1) is 12.3 Å². The lowest BCUT2D eigenvalue weighted by Crippen LogP contribution is -2.40. The second-order valence-corrected chi connectivity index (χ2v) is 7.35. The maximum absolute atomic E-state index is 12.6. The van der Waals surface area contributed by atoms with Gasteiger partial charge in [0.1, 0.15) is 5.00 Å². The molecular formula is C18H20ClN3OS. The molecule has 0 aliphatic carbocycles. The number of amides is 2. The van der Waals surface area contributed by atoms with E-state index in [1.54, 1.807) is 30.3 Å². The van der Waals surface area contributed by atoms with Crippen molar-refractivity contribution in [2.75, 3.05) is 32.1 Å². The molecule has 6 heteroatoms. The van der Waals surface area contributed by atoms with Crippen LogP contribution in [0, 0.1) is 0 Å². The Morgan fingerprint density at radius 1 is 1.33 bits per heavy atom. The van der Waals surface area contributed by atoms with Crippen molar-refractivity contribution in [2.24, 2.45) is 4.99 Å². The van der Waals surface area contributed by atoms with Crippen LogP contribution in [0.15, 0.2) is 35.3 Å². The predicted octanol–water partition coefficient (Wildman–Crippen LogP) is 4.30. The molecule has 126 valence electrons. The van der Waals surface area contributed by atoms with Crippen LogP contribution in [0.5, 0.6) is 0 Å². The van der Waals surface area contributed by atoms with Gasteiger partial charge in [-0.25, -0.2) is 4.79 Å². The Morgan fingerprint density at radius 3 is 2.75 bits per heavy atom. The third-order valence-electron chi connectivity index (χ3n) is 3.95. The van der Waals surface area contributed by atoms with Crippen LogP contribution < -0.4 is 4.90 Å². The number of aryl methyl sites for hydroxylation is 1. The van der Waals surface area contributed by atoms with Crippen molar-refractivity contribution in [1.29, 1.82) is 0 Å². The molecule has 0 spiro atoms. The van der Waals surface area contributed by atoms with Crippen molar-refractivity contribution < 1.29 is 4.79 Å². The van der Waals surface area contributed by atoms with Crippen molar-refractivity contribution in [1.82, 2.24) is 4.90 Å². The highest BCUT2D eigenvalue weighted by Crippen LogP contribution is 2.36. The standard InChI is InChI=1S/C18H20ClN3OS/c1-4-12-11-14-16(13-7-5-6-8-15(13)19)20-9-10-22(17(14)24-12)18(23)21(2)3/h5-8,11H,4,9-10H2,1-3H3. The number of benzene rings is 1. The van der Waals surface area contributed by atoms with Crippen molar-refractivity contribution in [2.45, 2.75) is 13.3 Å². The minimum atomic E-state index is -0.0173. The molecule has 2 aromatic rings. The smallest absolute Gasteiger partial charge is 0.324 e. The van der Waals surface area contributed by atoms with E-state index in [9.17, 15) is 4.79 Å². The van der Waals surface area contributed by atoms with Gasteiger partial charge in [0.15, 0.2) is 0 Å². The van der Waals surface area contributed by atoms with Gasteiger partial charge in [0, 0.05) is 41.7 Å². The number of thiophene rings is 1. The summed E-state index contributed by atoms with van der Waals surface area (Å²) >= 11 is 8.06. The van der Waals surface area contributed by atoms with Crippen LogP contribution in [0.25, 0.3) is 0 Å². The zero-order chi connectivity index (χ0) is 17.3. The monoisotopic (exact) mass is 361 g/mol. The highest BCUT2D eigenvalue weighted by molar-refractivity contribution is 7.16. The zero-order valence-corrected chi connectivity index (χ0v) is 15.6. The maximum Gasteiger partial charge on any atom is 0.324 e. The molecule has 3 rings (SSSR count). The first-order valence-corrected chi connectivity index (χ1v) is 9.13. The molecule has 0 radical (unpaired) electrons. The van der Waals surface area contributed by atoms with E-state index in [4.69, 9.17) is 16.6 Å². The molecule has 24 heavy (non-hydrogen) atoms. The third kappa shape index (κ3) is 3.06. The van der Waals surface area contributed by atoms with Crippen LogP contribution in [0.1, 0.15) is 22.9 Å². The number of hydrogen-bond acceptors (Lipinski definition) is 3. The molecule has 0 fully saturated rings. The minimum absolute atomic E-state index is 0.0173. The molecule has 2 heterocycles. The van der Waals surface area contributed by atoms with Gasteiger partial charge in [-0.2, -0.15) is 0 Å². The summed E-state index contributed by atoms with van der Waals surface area (Å²) < 4.78 is 0. The number of fused-ring (bicyclic) bond motifs is 1. The van der Waals surface area contributed by atoms with Gasteiger partial charge in [0.25, 0.3) is 0 Å². The van der Waals surface area contributed by atoms with Crippen molar-refractivity contribution in [3.63, 3.8) is 0 Å². The van der Waals surface area contributed by atoms with Gasteiger partial charge in [-0.15, -0.1) is 11.3 Å².